The number of hydrogen-bond donors (Lipinski definition) is 2. The van der Waals surface area contributed by atoms with Crippen molar-refractivity contribution in [2.24, 2.45) is 5.92 Å². The van der Waals surface area contributed by atoms with E-state index in [1.807, 2.05) is 0 Å². The van der Waals surface area contributed by atoms with E-state index in [0.29, 0.717) is 12.1 Å². The summed E-state index contributed by atoms with van der Waals surface area (Å²) in [6, 6.07) is 5.03. The topological polar surface area (TPSA) is 49.3 Å². The number of phenols is 1. The standard InChI is InChI=1S/C13H16INO2/c14-10-5-6-12(16)11(8-10)13(17)15-7-1-2-9-3-4-9/h5-6,8-9,16H,1-4,7H2,(H,15,17). The third kappa shape index (κ3) is 3.87. The number of nitrogens with one attached hydrogen (secondary N) is 1. The normalized spacial score (nSPS) is 14.6. The first kappa shape index (κ1) is 12.7. The zero-order valence-corrected chi connectivity index (χ0v) is 11.7. The summed E-state index contributed by atoms with van der Waals surface area (Å²) in [6.07, 6.45) is 4.94. The van der Waals surface area contributed by atoms with Crippen LogP contribution in [0.5, 0.6) is 5.75 Å². The van der Waals surface area contributed by atoms with E-state index in [-0.39, 0.29) is 11.7 Å². The van der Waals surface area contributed by atoms with E-state index >= 15 is 0 Å². The maximum atomic E-state index is 11.8. The van der Waals surface area contributed by atoms with Gasteiger partial charge in [-0.2, -0.15) is 0 Å². The van der Waals surface area contributed by atoms with E-state index in [9.17, 15) is 9.90 Å². The first-order valence-electron chi connectivity index (χ1n) is 5.93. The fourth-order valence-corrected chi connectivity index (χ4v) is 2.28. The number of phenolic OH excluding ortho intramolecular Hbond substituents is 1. The number of hydrogen-bond acceptors (Lipinski definition) is 2. The molecule has 0 bridgehead atoms. The van der Waals surface area contributed by atoms with Crippen LogP contribution >= 0.6 is 22.6 Å². The average Bonchev–Trinajstić information content (AvgIpc) is 3.11. The minimum Gasteiger partial charge on any atom is -0.507 e. The lowest BCUT2D eigenvalue weighted by atomic mass is 10.2. The molecule has 3 nitrogen and oxygen atoms in total. The van der Waals surface area contributed by atoms with Gasteiger partial charge in [0.15, 0.2) is 0 Å². The summed E-state index contributed by atoms with van der Waals surface area (Å²) in [4.78, 5) is 11.8. The van der Waals surface area contributed by atoms with Gasteiger partial charge in [-0.1, -0.05) is 12.8 Å². The highest BCUT2D eigenvalue weighted by Crippen LogP contribution is 2.33. The Bertz CT molecular complexity index is 416. The van der Waals surface area contributed by atoms with Gasteiger partial charge >= 0.3 is 0 Å². The maximum absolute atomic E-state index is 11.8. The molecular formula is C13H16INO2. The van der Waals surface area contributed by atoms with Gasteiger partial charge in [0.2, 0.25) is 0 Å². The van der Waals surface area contributed by atoms with Crippen molar-refractivity contribution in [3.05, 3.63) is 27.3 Å². The molecule has 1 aliphatic rings. The van der Waals surface area contributed by atoms with Crippen molar-refractivity contribution in [2.75, 3.05) is 6.54 Å². The monoisotopic (exact) mass is 345 g/mol. The van der Waals surface area contributed by atoms with Crippen LogP contribution in [0.2, 0.25) is 0 Å². The highest BCUT2D eigenvalue weighted by atomic mass is 127. The maximum Gasteiger partial charge on any atom is 0.255 e. The lowest BCUT2D eigenvalue weighted by Gasteiger charge is -2.07. The lowest BCUT2D eigenvalue weighted by Crippen LogP contribution is -2.24. The van der Waals surface area contributed by atoms with E-state index in [4.69, 9.17) is 0 Å². The van der Waals surface area contributed by atoms with Crippen LogP contribution in [0.4, 0.5) is 0 Å². The predicted molar refractivity (Wildman–Crippen MR) is 75.1 cm³/mol. The molecule has 4 heteroatoms. The predicted octanol–water partition coefficient (Wildman–Crippen LogP) is 2.92. The van der Waals surface area contributed by atoms with Gasteiger partial charge < -0.3 is 10.4 Å². The van der Waals surface area contributed by atoms with Crippen molar-refractivity contribution in [3.63, 3.8) is 0 Å². The van der Waals surface area contributed by atoms with Gasteiger partial charge in [0.1, 0.15) is 5.75 Å². The van der Waals surface area contributed by atoms with E-state index in [1.165, 1.54) is 19.3 Å². The Morgan fingerprint density at radius 2 is 2.24 bits per heavy atom. The second kappa shape index (κ2) is 5.71. The van der Waals surface area contributed by atoms with Crippen LogP contribution in [0.25, 0.3) is 0 Å². The summed E-state index contributed by atoms with van der Waals surface area (Å²) in [5.41, 5.74) is 0.364. The third-order valence-electron chi connectivity index (χ3n) is 2.97. The smallest absolute Gasteiger partial charge is 0.255 e. The van der Waals surface area contributed by atoms with Gasteiger partial charge in [-0.25, -0.2) is 0 Å². The Balaban J connectivity index is 1.82. The molecule has 0 aromatic heterocycles. The minimum absolute atomic E-state index is 0.0464. The van der Waals surface area contributed by atoms with E-state index in [0.717, 1.165) is 15.9 Å². The molecule has 0 spiro atoms. The number of carbonyl (C=O) groups is 1. The van der Waals surface area contributed by atoms with E-state index in [2.05, 4.69) is 27.9 Å². The van der Waals surface area contributed by atoms with Crippen LogP contribution in [-0.2, 0) is 0 Å². The summed E-state index contributed by atoms with van der Waals surface area (Å²) >= 11 is 2.13. The molecule has 2 N–H and O–H groups in total. The first-order chi connectivity index (χ1) is 8.16. The molecule has 1 aromatic rings. The summed E-state index contributed by atoms with van der Waals surface area (Å²) in [6.45, 7) is 0.695. The molecule has 0 radical (unpaired) electrons. The number of amides is 1. The lowest BCUT2D eigenvalue weighted by molar-refractivity contribution is 0.0950. The molecule has 1 aromatic carbocycles. The van der Waals surface area contributed by atoms with Gasteiger partial charge in [0.05, 0.1) is 5.56 Å². The van der Waals surface area contributed by atoms with Crippen molar-refractivity contribution in [1.29, 1.82) is 0 Å². The second-order valence-corrected chi connectivity index (χ2v) is 5.75. The SMILES string of the molecule is O=C(NCCCC1CC1)c1cc(I)ccc1O. The van der Waals surface area contributed by atoms with Gasteiger partial charge in [-0.3, -0.25) is 4.79 Å². The summed E-state index contributed by atoms with van der Waals surface area (Å²) < 4.78 is 0.948. The zero-order valence-electron chi connectivity index (χ0n) is 9.58. The summed E-state index contributed by atoms with van der Waals surface area (Å²) in [5, 5.41) is 12.4. The van der Waals surface area contributed by atoms with Crippen LogP contribution in [0, 0.1) is 9.49 Å². The number of aromatic hydroxyl groups is 1. The fourth-order valence-electron chi connectivity index (χ4n) is 1.78. The molecule has 0 unspecified atom stereocenters. The highest BCUT2D eigenvalue weighted by Gasteiger charge is 2.20. The third-order valence-corrected chi connectivity index (χ3v) is 3.65. The van der Waals surface area contributed by atoms with Crippen molar-refractivity contribution in [1.82, 2.24) is 5.32 Å². The van der Waals surface area contributed by atoms with Crippen LogP contribution < -0.4 is 5.32 Å². The quantitative estimate of drug-likeness (QED) is 0.637. The fraction of sp³-hybridized carbons (Fsp3) is 0.462. The zero-order chi connectivity index (χ0) is 12.3. The molecule has 0 atom stereocenters. The largest absolute Gasteiger partial charge is 0.507 e. The molecule has 17 heavy (non-hydrogen) atoms. The number of rotatable bonds is 5. The second-order valence-electron chi connectivity index (χ2n) is 4.50. The summed E-state index contributed by atoms with van der Waals surface area (Å²) in [7, 11) is 0. The Kier molecular flexibility index (Phi) is 4.25. The van der Waals surface area contributed by atoms with Crippen molar-refractivity contribution < 1.29 is 9.90 Å². The van der Waals surface area contributed by atoms with Gasteiger partial charge in [0, 0.05) is 10.1 Å². The Labute approximate surface area is 115 Å². The van der Waals surface area contributed by atoms with Gasteiger partial charge in [-0.05, 0) is 59.5 Å². The average molecular weight is 345 g/mol. The van der Waals surface area contributed by atoms with Crippen LogP contribution in [0.15, 0.2) is 18.2 Å². The molecule has 0 heterocycles. The van der Waals surface area contributed by atoms with Crippen LogP contribution in [0.1, 0.15) is 36.0 Å². The molecule has 0 aliphatic heterocycles. The number of benzene rings is 1. The highest BCUT2D eigenvalue weighted by molar-refractivity contribution is 14.1. The van der Waals surface area contributed by atoms with Crippen molar-refractivity contribution >= 4 is 28.5 Å². The van der Waals surface area contributed by atoms with Gasteiger partial charge in [-0.15, -0.1) is 0 Å². The molecule has 0 saturated heterocycles. The van der Waals surface area contributed by atoms with Crippen molar-refractivity contribution in [2.45, 2.75) is 25.7 Å². The summed E-state index contributed by atoms with van der Waals surface area (Å²) in [5.74, 6) is 0.764. The Hall–Kier alpha value is -0.780. The van der Waals surface area contributed by atoms with Crippen molar-refractivity contribution in [3.8, 4) is 5.75 Å². The first-order valence-corrected chi connectivity index (χ1v) is 7.01. The van der Waals surface area contributed by atoms with Crippen LogP contribution in [0.3, 0.4) is 0 Å². The molecule has 1 amide bonds. The van der Waals surface area contributed by atoms with Crippen LogP contribution in [-0.4, -0.2) is 17.6 Å². The van der Waals surface area contributed by atoms with E-state index < -0.39 is 0 Å². The number of halogens is 1. The van der Waals surface area contributed by atoms with E-state index in [1.54, 1.807) is 18.2 Å². The molecule has 92 valence electrons. The van der Waals surface area contributed by atoms with Gasteiger partial charge in [0.25, 0.3) is 5.91 Å². The molecule has 2 rings (SSSR count). The molecular weight excluding hydrogens is 329 g/mol. The Morgan fingerprint density at radius 1 is 1.47 bits per heavy atom. The molecule has 1 aliphatic carbocycles. The molecule has 1 fully saturated rings. The number of carbonyl (C=O) groups excluding carboxylic acids is 1. The molecule has 1 saturated carbocycles. The minimum atomic E-state index is -0.184. The Morgan fingerprint density at radius 3 is 2.94 bits per heavy atom.